The van der Waals surface area contributed by atoms with Crippen molar-refractivity contribution in [3.63, 3.8) is 0 Å². The van der Waals surface area contributed by atoms with Gasteiger partial charge in [0.05, 0.1) is 35.1 Å². The molecule has 1 heterocycles. The van der Waals surface area contributed by atoms with Crippen LogP contribution in [0.15, 0.2) is 71.5 Å². The minimum Gasteiger partial charge on any atom is -0.493 e. The summed E-state index contributed by atoms with van der Waals surface area (Å²) in [6.07, 6.45) is 1.67. The molecule has 1 N–H and O–H groups in total. The number of ether oxygens (including phenoxy) is 2. The average molecular weight is 552 g/mol. The van der Waals surface area contributed by atoms with Gasteiger partial charge in [-0.15, -0.1) is 11.3 Å². The molecule has 1 amide bonds. The highest BCUT2D eigenvalue weighted by Crippen LogP contribution is 2.28. The number of anilines is 1. The molecule has 37 heavy (non-hydrogen) atoms. The molecule has 0 atom stereocenters. The van der Waals surface area contributed by atoms with Crippen molar-refractivity contribution >= 4 is 57.8 Å². The van der Waals surface area contributed by atoms with Crippen LogP contribution in [0.1, 0.15) is 5.56 Å². The molecule has 186 valence electrons. The molecule has 1 aromatic heterocycles. The normalized spacial score (nSPS) is 12.0. The molecule has 0 aliphatic carbocycles. The van der Waals surface area contributed by atoms with E-state index in [1.807, 2.05) is 6.07 Å². The highest BCUT2D eigenvalue weighted by atomic mass is 35.5. The van der Waals surface area contributed by atoms with Gasteiger partial charge in [0.1, 0.15) is 10.7 Å². The van der Waals surface area contributed by atoms with E-state index in [1.165, 1.54) is 30.9 Å². The van der Waals surface area contributed by atoms with Crippen LogP contribution in [0, 0.1) is 11.3 Å². The maximum Gasteiger partial charge on any atom is 0.273 e. The second-order valence-corrected chi connectivity index (χ2v) is 9.45. The van der Waals surface area contributed by atoms with Crippen LogP contribution in [-0.4, -0.2) is 24.7 Å². The number of methoxy groups -OCH3 is 2. The topological polar surface area (TPSA) is 93.4 Å². The number of halogens is 2. The zero-order valence-electron chi connectivity index (χ0n) is 19.6. The molecule has 4 rings (SSSR count). The SMILES string of the molecule is COc1ccc(/C=c2/s/c(=C(/C#N)C(=O)Nc3ccc(Cl)cc3Cl)n(-c3ccccc3)c2=O)cc1OC. The van der Waals surface area contributed by atoms with Crippen molar-refractivity contribution in [2.75, 3.05) is 19.5 Å². The Morgan fingerprint density at radius 1 is 1.03 bits per heavy atom. The molecule has 0 spiro atoms. The lowest BCUT2D eigenvalue weighted by Crippen LogP contribution is -2.32. The quantitative estimate of drug-likeness (QED) is 0.384. The van der Waals surface area contributed by atoms with Crippen molar-refractivity contribution in [2.45, 2.75) is 0 Å². The average Bonchev–Trinajstić information content (AvgIpc) is 3.21. The number of carbonyl (C=O) groups is 1. The Hall–Kier alpha value is -4.03. The van der Waals surface area contributed by atoms with Gasteiger partial charge in [0.15, 0.2) is 17.1 Å². The van der Waals surface area contributed by atoms with E-state index in [0.29, 0.717) is 32.3 Å². The van der Waals surface area contributed by atoms with E-state index in [2.05, 4.69) is 5.32 Å². The van der Waals surface area contributed by atoms with E-state index < -0.39 is 5.91 Å². The second-order valence-electron chi connectivity index (χ2n) is 7.57. The molecule has 3 aromatic carbocycles. The number of hydrogen-bond donors (Lipinski definition) is 1. The summed E-state index contributed by atoms with van der Waals surface area (Å²) in [5.74, 6) is 0.334. The van der Waals surface area contributed by atoms with Crippen LogP contribution in [0.4, 0.5) is 5.69 Å². The Morgan fingerprint density at radius 2 is 1.76 bits per heavy atom. The van der Waals surface area contributed by atoms with E-state index in [9.17, 15) is 14.9 Å². The number of amides is 1. The first-order valence-electron chi connectivity index (χ1n) is 10.8. The standard InChI is InChI=1S/C27H19Cl2N3O4S/c1-35-22-11-8-16(12-23(22)36-2)13-24-26(34)32(18-6-4-3-5-7-18)27(37-24)19(15-30)25(33)31-21-10-9-17(28)14-20(21)29/h3-14H,1-2H3,(H,31,33)/b24-13+,27-19-. The van der Waals surface area contributed by atoms with Crippen LogP contribution in [0.3, 0.4) is 0 Å². The maximum absolute atomic E-state index is 13.6. The number of rotatable bonds is 6. The third-order valence-corrected chi connectivity index (χ3v) is 6.92. The molecular weight excluding hydrogens is 533 g/mol. The van der Waals surface area contributed by atoms with Crippen molar-refractivity contribution in [1.82, 2.24) is 4.57 Å². The predicted molar refractivity (Wildman–Crippen MR) is 146 cm³/mol. The lowest BCUT2D eigenvalue weighted by molar-refractivity contribution is -0.111. The molecule has 0 aliphatic rings. The van der Waals surface area contributed by atoms with Gasteiger partial charge >= 0.3 is 0 Å². The lowest BCUT2D eigenvalue weighted by atomic mass is 10.2. The Bertz CT molecular complexity index is 1710. The maximum atomic E-state index is 13.6. The summed E-state index contributed by atoms with van der Waals surface area (Å²) in [5.41, 5.74) is 0.843. The summed E-state index contributed by atoms with van der Waals surface area (Å²) in [6, 6.07) is 20.5. The van der Waals surface area contributed by atoms with Gasteiger partial charge in [0.25, 0.3) is 11.5 Å². The Morgan fingerprint density at radius 3 is 2.41 bits per heavy atom. The summed E-state index contributed by atoms with van der Waals surface area (Å²) < 4.78 is 12.5. The smallest absolute Gasteiger partial charge is 0.273 e. The van der Waals surface area contributed by atoms with Gasteiger partial charge in [-0.3, -0.25) is 14.2 Å². The number of nitrogens with zero attached hydrogens (tertiary/aromatic N) is 2. The van der Waals surface area contributed by atoms with Crippen LogP contribution in [0.25, 0.3) is 17.3 Å². The van der Waals surface area contributed by atoms with Gasteiger partial charge in [0.2, 0.25) is 0 Å². The fourth-order valence-electron chi connectivity index (χ4n) is 3.53. The summed E-state index contributed by atoms with van der Waals surface area (Å²) in [4.78, 5) is 26.7. The lowest BCUT2D eigenvalue weighted by Gasteiger charge is -2.07. The van der Waals surface area contributed by atoms with E-state index in [4.69, 9.17) is 32.7 Å². The largest absolute Gasteiger partial charge is 0.493 e. The molecule has 0 saturated carbocycles. The molecule has 0 bridgehead atoms. The molecule has 0 saturated heterocycles. The third-order valence-electron chi connectivity index (χ3n) is 5.28. The van der Waals surface area contributed by atoms with Crippen molar-refractivity contribution in [3.05, 3.63) is 102 Å². The summed E-state index contributed by atoms with van der Waals surface area (Å²) in [6.45, 7) is 0. The second kappa shape index (κ2) is 11.4. The first-order valence-corrected chi connectivity index (χ1v) is 12.4. The number of nitriles is 1. The molecule has 0 aliphatic heterocycles. The van der Waals surface area contributed by atoms with E-state index in [0.717, 1.165) is 11.3 Å². The van der Waals surface area contributed by atoms with Gasteiger partial charge in [-0.1, -0.05) is 47.5 Å². The van der Waals surface area contributed by atoms with Crippen molar-refractivity contribution < 1.29 is 14.3 Å². The Balaban J connectivity index is 1.94. The van der Waals surface area contributed by atoms with Crippen molar-refractivity contribution in [1.29, 1.82) is 5.26 Å². The minimum atomic E-state index is -0.713. The number of para-hydroxylation sites is 1. The zero-order chi connectivity index (χ0) is 26.5. The summed E-state index contributed by atoms with van der Waals surface area (Å²) in [5, 5.41) is 13.2. The molecule has 0 unspecified atom stereocenters. The number of nitrogens with one attached hydrogen (secondary N) is 1. The number of thiazole rings is 1. The van der Waals surface area contributed by atoms with Crippen LogP contribution in [-0.2, 0) is 4.79 Å². The van der Waals surface area contributed by atoms with Crippen molar-refractivity contribution in [2.24, 2.45) is 0 Å². The van der Waals surface area contributed by atoms with Gasteiger partial charge in [-0.2, -0.15) is 5.26 Å². The molecular formula is C27H19Cl2N3O4S. The highest BCUT2D eigenvalue weighted by molar-refractivity contribution is 7.07. The van der Waals surface area contributed by atoms with E-state index >= 15 is 0 Å². The first kappa shape index (κ1) is 26.0. The molecule has 10 heteroatoms. The zero-order valence-corrected chi connectivity index (χ0v) is 21.9. The van der Waals surface area contributed by atoms with Crippen molar-refractivity contribution in [3.8, 4) is 23.3 Å². The van der Waals surface area contributed by atoms with E-state index in [1.54, 1.807) is 60.7 Å². The predicted octanol–water partition coefficient (Wildman–Crippen LogP) is 4.36. The Kier molecular flexibility index (Phi) is 7.99. The highest BCUT2D eigenvalue weighted by Gasteiger charge is 2.18. The molecule has 0 radical (unpaired) electrons. The fraction of sp³-hybridized carbons (Fsp3) is 0.0741. The number of benzene rings is 3. The number of carbonyl (C=O) groups excluding carboxylic acids is 1. The molecule has 7 nitrogen and oxygen atoms in total. The number of aromatic nitrogens is 1. The minimum absolute atomic E-state index is 0.174. The third kappa shape index (κ3) is 5.54. The van der Waals surface area contributed by atoms with Gasteiger partial charge in [-0.05, 0) is 54.1 Å². The van der Waals surface area contributed by atoms with Crippen LogP contribution in [0.5, 0.6) is 11.5 Å². The van der Waals surface area contributed by atoms with Gasteiger partial charge in [-0.25, -0.2) is 0 Å². The summed E-state index contributed by atoms with van der Waals surface area (Å²) >= 11 is 13.2. The molecule has 0 fully saturated rings. The Labute approximate surface area is 226 Å². The van der Waals surface area contributed by atoms with Crippen LogP contribution in [0.2, 0.25) is 10.0 Å². The number of hydrogen-bond acceptors (Lipinski definition) is 6. The fourth-order valence-corrected chi connectivity index (χ4v) is 5.08. The van der Waals surface area contributed by atoms with Crippen LogP contribution >= 0.6 is 34.5 Å². The van der Waals surface area contributed by atoms with Gasteiger partial charge < -0.3 is 14.8 Å². The monoisotopic (exact) mass is 551 g/mol. The molecule has 4 aromatic rings. The summed E-state index contributed by atoms with van der Waals surface area (Å²) in [7, 11) is 3.06. The van der Waals surface area contributed by atoms with Gasteiger partial charge in [0, 0.05) is 5.02 Å². The van der Waals surface area contributed by atoms with Crippen LogP contribution < -0.4 is 29.5 Å². The van der Waals surface area contributed by atoms with E-state index in [-0.39, 0.29) is 26.5 Å². The first-order chi connectivity index (χ1) is 17.9.